The van der Waals surface area contributed by atoms with Crippen molar-refractivity contribution in [3.8, 4) is 0 Å². The van der Waals surface area contributed by atoms with Crippen molar-refractivity contribution >= 4 is 5.97 Å². The zero-order chi connectivity index (χ0) is 13.9. The van der Waals surface area contributed by atoms with Crippen molar-refractivity contribution < 1.29 is 19.7 Å². The molecule has 104 valence electrons. The van der Waals surface area contributed by atoms with Crippen LogP contribution in [0.2, 0.25) is 0 Å². The Bertz CT molecular complexity index is 492. The van der Waals surface area contributed by atoms with Crippen LogP contribution in [0.15, 0.2) is 23.3 Å². The topological polar surface area (TPSA) is 66.8 Å². The molecular formula is C15H20O4. The van der Waals surface area contributed by atoms with Crippen LogP contribution >= 0.6 is 0 Å². The van der Waals surface area contributed by atoms with E-state index in [4.69, 9.17) is 4.74 Å². The fourth-order valence-electron chi connectivity index (χ4n) is 4.11. The maximum atomic E-state index is 11.7. The summed E-state index contributed by atoms with van der Waals surface area (Å²) >= 11 is 0. The molecule has 5 atom stereocenters. The summed E-state index contributed by atoms with van der Waals surface area (Å²) in [6, 6.07) is 0. The molecule has 0 aromatic heterocycles. The molecule has 1 aliphatic heterocycles. The Balaban J connectivity index is 2.11. The molecule has 2 aliphatic carbocycles. The number of rotatable bonds is 0. The molecule has 4 heteroatoms. The lowest BCUT2D eigenvalue weighted by Crippen LogP contribution is -2.45. The molecule has 1 heterocycles. The summed E-state index contributed by atoms with van der Waals surface area (Å²) in [4.78, 5) is 11.7. The van der Waals surface area contributed by atoms with Crippen LogP contribution in [-0.2, 0) is 9.53 Å². The molecule has 2 N–H and O–H groups in total. The van der Waals surface area contributed by atoms with Gasteiger partial charge < -0.3 is 14.9 Å². The minimum atomic E-state index is -0.818. The summed E-state index contributed by atoms with van der Waals surface area (Å²) in [6.45, 7) is 7.68. The minimum absolute atomic E-state index is 0.336. The van der Waals surface area contributed by atoms with E-state index in [-0.39, 0.29) is 6.10 Å². The first-order chi connectivity index (χ1) is 8.87. The summed E-state index contributed by atoms with van der Waals surface area (Å²) in [5.74, 6) is -0.820. The molecule has 19 heavy (non-hydrogen) atoms. The molecule has 1 saturated carbocycles. The van der Waals surface area contributed by atoms with Gasteiger partial charge in [-0.2, -0.15) is 0 Å². The number of carbonyl (C=O) groups excluding carboxylic acids is 1. The summed E-state index contributed by atoms with van der Waals surface area (Å²) < 4.78 is 5.33. The second-order valence-corrected chi connectivity index (χ2v) is 6.24. The van der Waals surface area contributed by atoms with Crippen molar-refractivity contribution in [1.29, 1.82) is 0 Å². The van der Waals surface area contributed by atoms with Gasteiger partial charge in [0.1, 0.15) is 6.10 Å². The highest BCUT2D eigenvalue weighted by Crippen LogP contribution is 2.54. The molecule has 4 nitrogen and oxygen atoms in total. The number of aliphatic hydroxyl groups is 2. The molecule has 0 amide bonds. The van der Waals surface area contributed by atoms with Crippen LogP contribution in [0.4, 0.5) is 0 Å². The summed E-state index contributed by atoms with van der Waals surface area (Å²) in [5.41, 5.74) is 1.92. The van der Waals surface area contributed by atoms with Crippen LogP contribution in [0.5, 0.6) is 0 Å². The van der Waals surface area contributed by atoms with Crippen molar-refractivity contribution in [2.75, 3.05) is 0 Å². The monoisotopic (exact) mass is 264 g/mol. The fraction of sp³-hybridized carbons (Fsp3) is 0.667. The molecule has 2 fully saturated rings. The van der Waals surface area contributed by atoms with Crippen molar-refractivity contribution in [1.82, 2.24) is 0 Å². The summed E-state index contributed by atoms with van der Waals surface area (Å²) in [5, 5.41) is 21.1. The summed E-state index contributed by atoms with van der Waals surface area (Å²) in [7, 11) is 0. The van der Waals surface area contributed by atoms with Crippen LogP contribution in [0.3, 0.4) is 0 Å². The molecule has 0 bridgehead atoms. The zero-order valence-corrected chi connectivity index (χ0v) is 11.3. The van der Waals surface area contributed by atoms with E-state index in [1.54, 1.807) is 0 Å². The van der Waals surface area contributed by atoms with E-state index in [1.165, 1.54) is 0 Å². The smallest absolute Gasteiger partial charge is 0.334 e. The van der Waals surface area contributed by atoms with Crippen LogP contribution in [0, 0.1) is 11.3 Å². The predicted molar refractivity (Wildman–Crippen MR) is 69.2 cm³/mol. The van der Waals surface area contributed by atoms with Gasteiger partial charge in [-0.15, -0.1) is 0 Å². The van der Waals surface area contributed by atoms with Gasteiger partial charge in [-0.3, -0.25) is 0 Å². The number of ether oxygens (including phenoxy) is 1. The van der Waals surface area contributed by atoms with Gasteiger partial charge in [-0.1, -0.05) is 24.6 Å². The third-order valence-corrected chi connectivity index (χ3v) is 5.31. The van der Waals surface area contributed by atoms with Gasteiger partial charge in [0.25, 0.3) is 0 Å². The normalized spacial score (nSPS) is 45.9. The van der Waals surface area contributed by atoms with E-state index in [9.17, 15) is 15.0 Å². The van der Waals surface area contributed by atoms with Crippen LogP contribution in [-0.4, -0.2) is 34.5 Å². The van der Waals surface area contributed by atoms with Gasteiger partial charge in [0.05, 0.1) is 18.1 Å². The first-order valence-electron chi connectivity index (χ1n) is 6.82. The SMILES string of the molecule is C=C1C(=O)O[C@@H]2CC(C)=C3CC[C@H](O)[C@@]3(C)[C@H](O)[C@H]12. The lowest BCUT2D eigenvalue weighted by Gasteiger charge is -2.37. The fourth-order valence-corrected chi connectivity index (χ4v) is 4.11. The predicted octanol–water partition coefficient (Wildman–Crippen LogP) is 1.33. The van der Waals surface area contributed by atoms with E-state index < -0.39 is 29.5 Å². The van der Waals surface area contributed by atoms with Gasteiger partial charge in [-0.25, -0.2) is 4.79 Å². The van der Waals surface area contributed by atoms with Gasteiger partial charge >= 0.3 is 5.97 Å². The molecule has 3 aliphatic rings. The van der Waals surface area contributed by atoms with Crippen LogP contribution in [0.1, 0.15) is 33.1 Å². The Labute approximate surface area is 112 Å². The maximum absolute atomic E-state index is 11.7. The largest absolute Gasteiger partial charge is 0.458 e. The quantitative estimate of drug-likeness (QED) is 0.393. The second-order valence-electron chi connectivity index (χ2n) is 6.24. The van der Waals surface area contributed by atoms with Gasteiger partial charge in [0.2, 0.25) is 0 Å². The van der Waals surface area contributed by atoms with E-state index >= 15 is 0 Å². The molecule has 0 aromatic rings. The van der Waals surface area contributed by atoms with E-state index in [0.29, 0.717) is 18.4 Å². The molecule has 3 rings (SSSR count). The number of hydrogen-bond donors (Lipinski definition) is 2. The van der Waals surface area contributed by atoms with E-state index in [1.807, 2.05) is 13.8 Å². The molecule has 0 unspecified atom stereocenters. The number of esters is 1. The van der Waals surface area contributed by atoms with Gasteiger partial charge in [0, 0.05) is 17.4 Å². The van der Waals surface area contributed by atoms with Crippen LogP contribution < -0.4 is 0 Å². The Hall–Kier alpha value is -1.13. The molecule has 0 spiro atoms. The average Bonchev–Trinajstić information content (AvgIpc) is 2.77. The Morgan fingerprint density at radius 2 is 2.11 bits per heavy atom. The highest BCUT2D eigenvalue weighted by molar-refractivity contribution is 5.91. The third-order valence-electron chi connectivity index (χ3n) is 5.31. The van der Waals surface area contributed by atoms with Crippen molar-refractivity contribution in [3.63, 3.8) is 0 Å². The molecule has 1 saturated heterocycles. The number of hydrogen-bond acceptors (Lipinski definition) is 4. The molecule has 0 aromatic carbocycles. The van der Waals surface area contributed by atoms with Gasteiger partial charge in [0.15, 0.2) is 0 Å². The first-order valence-corrected chi connectivity index (χ1v) is 6.82. The Morgan fingerprint density at radius 1 is 1.42 bits per heavy atom. The Kier molecular flexibility index (Phi) is 2.67. The maximum Gasteiger partial charge on any atom is 0.334 e. The molecular weight excluding hydrogens is 244 g/mol. The van der Waals surface area contributed by atoms with Gasteiger partial charge in [-0.05, 0) is 19.8 Å². The number of aliphatic hydroxyl groups excluding tert-OH is 2. The second kappa shape index (κ2) is 3.93. The van der Waals surface area contributed by atoms with E-state index in [0.717, 1.165) is 17.6 Å². The number of fused-ring (bicyclic) bond motifs is 2. The highest BCUT2D eigenvalue weighted by Gasteiger charge is 2.57. The highest BCUT2D eigenvalue weighted by atomic mass is 16.6. The average molecular weight is 264 g/mol. The first kappa shape index (κ1) is 12.9. The Morgan fingerprint density at radius 3 is 2.79 bits per heavy atom. The van der Waals surface area contributed by atoms with Crippen molar-refractivity contribution in [2.24, 2.45) is 11.3 Å². The third kappa shape index (κ3) is 1.50. The van der Waals surface area contributed by atoms with E-state index in [2.05, 4.69) is 6.58 Å². The zero-order valence-electron chi connectivity index (χ0n) is 11.3. The summed E-state index contributed by atoms with van der Waals surface area (Å²) in [6.07, 6.45) is 0.372. The lowest BCUT2D eigenvalue weighted by atomic mass is 9.71. The lowest BCUT2D eigenvalue weighted by molar-refractivity contribution is -0.139. The van der Waals surface area contributed by atoms with Crippen LogP contribution in [0.25, 0.3) is 0 Å². The molecule has 0 radical (unpaired) electrons. The minimum Gasteiger partial charge on any atom is -0.458 e. The number of carbonyl (C=O) groups is 1. The standard InChI is InChI=1S/C15H20O4/c1-7-6-10-12(8(2)14(18)19-10)13(17)15(3)9(7)4-5-11(15)16/h10-13,16-17H,2,4-6H2,1,3H3/t10-,11+,12-,13-,15+/m1/s1. The van der Waals surface area contributed by atoms with Crippen molar-refractivity contribution in [2.45, 2.75) is 51.4 Å². The van der Waals surface area contributed by atoms with Crippen molar-refractivity contribution in [3.05, 3.63) is 23.3 Å².